The average molecular weight is 561 g/mol. The van der Waals surface area contributed by atoms with Crippen molar-refractivity contribution in [2.75, 3.05) is 31.2 Å². The van der Waals surface area contributed by atoms with Gasteiger partial charge in [0.15, 0.2) is 5.01 Å². The number of aromatic nitrogens is 5. The fourth-order valence-corrected chi connectivity index (χ4v) is 7.43. The number of benzene rings is 1. The molecular formula is C23H22F2N8O3S2. The van der Waals surface area contributed by atoms with Crippen molar-refractivity contribution in [3.8, 4) is 11.2 Å². The molecule has 0 amide bonds. The van der Waals surface area contributed by atoms with Crippen molar-refractivity contribution < 1.29 is 21.9 Å². The van der Waals surface area contributed by atoms with Crippen molar-refractivity contribution in [3.63, 3.8) is 0 Å². The van der Waals surface area contributed by atoms with E-state index < -0.39 is 27.0 Å². The molecule has 11 nitrogen and oxygen atoms in total. The van der Waals surface area contributed by atoms with Gasteiger partial charge in [-0.1, -0.05) is 11.3 Å². The first kappa shape index (κ1) is 23.9. The van der Waals surface area contributed by atoms with Gasteiger partial charge in [-0.2, -0.15) is 9.98 Å². The summed E-state index contributed by atoms with van der Waals surface area (Å²) in [6.07, 6.45) is 3.26. The van der Waals surface area contributed by atoms with Gasteiger partial charge >= 0.3 is 0 Å². The van der Waals surface area contributed by atoms with Gasteiger partial charge < -0.3 is 9.64 Å². The van der Waals surface area contributed by atoms with Crippen molar-refractivity contribution >= 4 is 43.9 Å². The molecule has 38 heavy (non-hydrogen) atoms. The van der Waals surface area contributed by atoms with Crippen molar-refractivity contribution in [1.29, 1.82) is 5.26 Å². The number of rotatable bonds is 6. The van der Waals surface area contributed by atoms with Crippen LogP contribution in [0, 0.1) is 16.7 Å². The number of nitriles is 1. The molecule has 1 spiro atoms. The van der Waals surface area contributed by atoms with Crippen LogP contribution in [-0.2, 0) is 14.8 Å². The van der Waals surface area contributed by atoms with Gasteiger partial charge in [0, 0.05) is 30.9 Å². The van der Waals surface area contributed by atoms with Crippen molar-refractivity contribution in [1.82, 2.24) is 28.9 Å². The molecule has 7 rings (SSSR count). The molecule has 3 fully saturated rings. The molecule has 2 aliphatic heterocycles. The first-order valence-electron chi connectivity index (χ1n) is 12.1. The van der Waals surface area contributed by atoms with Gasteiger partial charge in [0.1, 0.15) is 5.54 Å². The minimum absolute atomic E-state index is 0.0191. The average Bonchev–Trinajstić information content (AvgIpc) is 3.22. The maximum atomic E-state index is 13.5. The van der Waals surface area contributed by atoms with Crippen LogP contribution in [0.25, 0.3) is 21.9 Å². The molecule has 3 aromatic heterocycles. The molecule has 4 aromatic rings. The van der Waals surface area contributed by atoms with Crippen LogP contribution in [0.1, 0.15) is 37.1 Å². The monoisotopic (exact) mass is 560 g/mol. The van der Waals surface area contributed by atoms with Gasteiger partial charge in [-0.3, -0.25) is 8.97 Å². The lowest BCUT2D eigenvalue weighted by Crippen LogP contribution is -2.51. The summed E-state index contributed by atoms with van der Waals surface area (Å²) in [5, 5.41) is 16.8. The number of imidazole rings is 2. The molecule has 198 valence electrons. The van der Waals surface area contributed by atoms with Crippen LogP contribution in [0.2, 0.25) is 0 Å². The third kappa shape index (κ3) is 3.62. The lowest BCUT2D eigenvalue weighted by Gasteiger charge is -2.47. The Morgan fingerprint density at radius 3 is 2.53 bits per heavy atom. The van der Waals surface area contributed by atoms with E-state index in [1.165, 1.54) is 6.07 Å². The third-order valence-electron chi connectivity index (χ3n) is 7.74. The lowest BCUT2D eigenvalue weighted by molar-refractivity contribution is -0.124. The number of hydrogen-bond acceptors (Lipinski definition) is 9. The molecule has 5 heterocycles. The van der Waals surface area contributed by atoms with Crippen molar-refractivity contribution in [2.24, 2.45) is 5.41 Å². The van der Waals surface area contributed by atoms with Crippen molar-refractivity contribution in [2.45, 2.75) is 42.5 Å². The van der Waals surface area contributed by atoms with E-state index in [0.717, 1.165) is 37.4 Å². The van der Waals surface area contributed by atoms with Crippen LogP contribution in [0.15, 0.2) is 29.4 Å². The van der Waals surface area contributed by atoms with Gasteiger partial charge in [0.2, 0.25) is 20.9 Å². The van der Waals surface area contributed by atoms with Gasteiger partial charge in [-0.15, -0.1) is 10.2 Å². The Kier molecular flexibility index (Phi) is 5.13. The van der Waals surface area contributed by atoms with Crippen molar-refractivity contribution in [3.05, 3.63) is 29.5 Å². The molecule has 0 bridgehead atoms. The number of nitrogens with one attached hydrogen (secondary N) is 1. The Morgan fingerprint density at radius 1 is 1.16 bits per heavy atom. The smallest absolute Gasteiger partial charge is 0.291 e. The molecule has 1 saturated carbocycles. The van der Waals surface area contributed by atoms with Crippen LogP contribution in [0.5, 0.6) is 0 Å². The number of hydrogen-bond donors (Lipinski definition) is 1. The fourth-order valence-electron chi connectivity index (χ4n) is 5.31. The molecule has 1 N–H and O–H groups in total. The highest BCUT2D eigenvalue weighted by molar-refractivity contribution is 7.89. The summed E-state index contributed by atoms with van der Waals surface area (Å²) >= 11 is 0.722. The van der Waals surface area contributed by atoms with E-state index in [0.29, 0.717) is 48.4 Å². The normalized spacial score (nSPS) is 20.3. The first-order chi connectivity index (χ1) is 18.2. The standard InChI is InChI=1S/C23H22F2N8O3S2/c24-18(25)19-28-29-21(37-19)33-16-10-14(38(34,35)30-23(11-26)1-2-23)9-15(17(16)32-8-5-27-20(32)33)31-6-3-22(4-7-31)12-36-13-22/h5,8-10,18,30H,1-4,6-7,12-13H2. The Morgan fingerprint density at radius 2 is 1.92 bits per heavy atom. The zero-order valence-corrected chi connectivity index (χ0v) is 21.6. The van der Waals surface area contributed by atoms with E-state index in [4.69, 9.17) is 4.74 Å². The number of ether oxygens (including phenoxy) is 1. The maximum absolute atomic E-state index is 13.5. The predicted molar refractivity (Wildman–Crippen MR) is 133 cm³/mol. The summed E-state index contributed by atoms with van der Waals surface area (Å²) in [6.45, 7) is 2.87. The van der Waals surface area contributed by atoms with Gasteiger partial charge in [0.25, 0.3) is 6.43 Å². The number of sulfonamides is 1. The number of nitrogens with zero attached hydrogens (tertiary/aromatic N) is 7. The van der Waals surface area contributed by atoms with E-state index >= 15 is 0 Å². The summed E-state index contributed by atoms with van der Waals surface area (Å²) < 4.78 is 65.2. The second kappa shape index (κ2) is 8.15. The highest BCUT2D eigenvalue weighted by Crippen LogP contribution is 2.43. The first-order valence-corrected chi connectivity index (χ1v) is 14.4. The number of alkyl halides is 2. The maximum Gasteiger partial charge on any atom is 0.291 e. The van der Waals surface area contributed by atoms with Gasteiger partial charge in [-0.05, 0) is 37.8 Å². The summed E-state index contributed by atoms with van der Waals surface area (Å²) in [6, 6.07) is 5.17. The summed E-state index contributed by atoms with van der Waals surface area (Å²) in [5.74, 6) is 0.400. The minimum atomic E-state index is -4.08. The predicted octanol–water partition coefficient (Wildman–Crippen LogP) is 3.02. The number of anilines is 1. The molecule has 1 aliphatic carbocycles. The molecular weight excluding hydrogens is 538 g/mol. The minimum Gasteiger partial charge on any atom is -0.380 e. The summed E-state index contributed by atoms with van der Waals surface area (Å²) in [7, 11) is -4.08. The molecule has 15 heteroatoms. The van der Waals surface area contributed by atoms with Gasteiger partial charge in [-0.25, -0.2) is 22.2 Å². The molecule has 1 aromatic carbocycles. The second-order valence-corrected chi connectivity index (χ2v) is 12.9. The zero-order chi connectivity index (χ0) is 26.3. The Balaban J connectivity index is 1.43. The number of halogens is 2. The Labute approximate surface area is 219 Å². The van der Waals surface area contributed by atoms with E-state index in [-0.39, 0.29) is 15.4 Å². The van der Waals surface area contributed by atoms with Crippen LogP contribution in [-0.4, -0.2) is 64.4 Å². The van der Waals surface area contributed by atoms with E-state index in [9.17, 15) is 22.5 Å². The molecule has 0 radical (unpaired) electrons. The fraction of sp³-hybridized carbons (Fsp3) is 0.478. The highest BCUT2D eigenvalue weighted by Gasteiger charge is 2.47. The van der Waals surface area contributed by atoms with E-state index in [1.807, 2.05) is 4.40 Å². The molecule has 3 aliphatic rings. The largest absolute Gasteiger partial charge is 0.380 e. The SMILES string of the molecule is N#CC1(NS(=O)(=O)c2cc(N3CCC4(CC3)COC4)c3c(c2)n(-c2nnc(C(F)F)s2)c2nccn32)CC1. The lowest BCUT2D eigenvalue weighted by atomic mass is 9.77. The quantitative estimate of drug-likeness (QED) is 0.381. The summed E-state index contributed by atoms with van der Waals surface area (Å²) in [5.41, 5.74) is 0.877. The molecule has 2 saturated heterocycles. The van der Waals surface area contributed by atoms with Crippen LogP contribution in [0.3, 0.4) is 0 Å². The highest BCUT2D eigenvalue weighted by atomic mass is 32.2. The Bertz CT molecular complexity index is 1720. The molecule has 0 atom stereocenters. The van der Waals surface area contributed by atoms with Crippen LogP contribution in [0.4, 0.5) is 14.5 Å². The number of fused-ring (bicyclic) bond motifs is 3. The Hall–Kier alpha value is -3.19. The third-order valence-corrected chi connectivity index (χ3v) is 10.2. The molecule has 0 unspecified atom stereocenters. The van der Waals surface area contributed by atoms with Crippen LogP contribution >= 0.6 is 11.3 Å². The zero-order valence-electron chi connectivity index (χ0n) is 20.0. The van der Waals surface area contributed by atoms with E-state index in [2.05, 4.69) is 30.9 Å². The number of piperidine rings is 1. The second-order valence-electron chi connectivity index (χ2n) is 10.2. The van der Waals surface area contributed by atoms with Crippen LogP contribution < -0.4 is 9.62 Å². The van der Waals surface area contributed by atoms with Gasteiger partial charge in [0.05, 0.1) is 40.9 Å². The summed E-state index contributed by atoms with van der Waals surface area (Å²) in [4.78, 5) is 6.56. The van der Waals surface area contributed by atoms with E-state index in [1.54, 1.807) is 23.0 Å². The topological polar surface area (TPSA) is 130 Å².